The van der Waals surface area contributed by atoms with E-state index in [9.17, 15) is 9.59 Å². The van der Waals surface area contributed by atoms with Crippen molar-refractivity contribution in [2.24, 2.45) is 17.1 Å². The Morgan fingerprint density at radius 2 is 1.88 bits per heavy atom. The summed E-state index contributed by atoms with van der Waals surface area (Å²) in [6.45, 7) is 9.48. The van der Waals surface area contributed by atoms with Crippen molar-refractivity contribution in [1.82, 2.24) is 10.2 Å². The second-order valence-corrected chi connectivity index (χ2v) is 8.31. The second kappa shape index (κ2) is 7.65. The third-order valence-corrected chi connectivity index (χ3v) is 5.30. The lowest BCUT2D eigenvalue weighted by Gasteiger charge is -2.45. The average molecular weight is 366 g/mol. The summed E-state index contributed by atoms with van der Waals surface area (Å²) in [7, 11) is 0. The molecule has 0 radical (unpaired) electrons. The number of likely N-dealkylation sites (tertiary alicyclic amines) is 1. The predicted octanol–water partition coefficient (Wildman–Crippen LogP) is 3.38. The highest BCUT2D eigenvalue weighted by atomic mass is 35.5. The summed E-state index contributed by atoms with van der Waals surface area (Å²) in [4.78, 5) is 26.0. The van der Waals surface area contributed by atoms with Gasteiger partial charge in [0.25, 0.3) is 0 Å². The molecule has 138 valence electrons. The Kier molecular flexibility index (Phi) is 5.99. The summed E-state index contributed by atoms with van der Waals surface area (Å²) in [5, 5.41) is 3.31. The standard InChI is InChI=1S/C19H28ClN3O2/c1-12(2)16(22-18(21)25)17(24)23-10-9-15(19(3,4)11-23)13-5-7-14(20)8-6-13/h5-8,12,15-16H,9-11H2,1-4H3,(H3,21,22,25)/t15?,16-/m1/s1. The van der Waals surface area contributed by atoms with Crippen LogP contribution < -0.4 is 11.1 Å². The van der Waals surface area contributed by atoms with Crippen LogP contribution in [-0.4, -0.2) is 36.0 Å². The van der Waals surface area contributed by atoms with Gasteiger partial charge in [0.15, 0.2) is 0 Å². The molecule has 1 heterocycles. The third kappa shape index (κ3) is 4.66. The number of primary amides is 1. The minimum atomic E-state index is -0.664. The number of rotatable bonds is 4. The van der Waals surface area contributed by atoms with Crippen molar-refractivity contribution < 1.29 is 9.59 Å². The van der Waals surface area contributed by atoms with Gasteiger partial charge in [0.2, 0.25) is 5.91 Å². The number of nitrogens with two attached hydrogens (primary N) is 1. The number of benzene rings is 1. The molecule has 1 unspecified atom stereocenters. The van der Waals surface area contributed by atoms with E-state index in [1.165, 1.54) is 5.56 Å². The monoisotopic (exact) mass is 365 g/mol. The van der Waals surface area contributed by atoms with Gasteiger partial charge in [0.1, 0.15) is 6.04 Å². The first-order valence-corrected chi connectivity index (χ1v) is 9.10. The first-order valence-electron chi connectivity index (χ1n) is 8.72. The molecular weight excluding hydrogens is 338 g/mol. The van der Waals surface area contributed by atoms with Crippen LogP contribution >= 0.6 is 11.6 Å². The summed E-state index contributed by atoms with van der Waals surface area (Å²) in [5.41, 5.74) is 6.40. The van der Waals surface area contributed by atoms with Gasteiger partial charge in [-0.05, 0) is 41.4 Å². The van der Waals surface area contributed by atoms with Crippen LogP contribution in [0.15, 0.2) is 24.3 Å². The normalized spacial score (nSPS) is 21.0. The second-order valence-electron chi connectivity index (χ2n) is 7.87. The van der Waals surface area contributed by atoms with E-state index in [0.29, 0.717) is 19.0 Å². The number of nitrogens with one attached hydrogen (secondary N) is 1. The van der Waals surface area contributed by atoms with Crippen LogP contribution in [0.4, 0.5) is 4.79 Å². The average Bonchev–Trinajstić information content (AvgIpc) is 2.51. The van der Waals surface area contributed by atoms with Crippen LogP contribution in [0.5, 0.6) is 0 Å². The summed E-state index contributed by atoms with van der Waals surface area (Å²) in [6, 6.07) is 6.71. The Bertz CT molecular complexity index is 628. The molecule has 0 spiro atoms. The number of urea groups is 1. The van der Waals surface area contributed by atoms with Gasteiger partial charge < -0.3 is 16.0 Å². The number of carbonyl (C=O) groups excluding carboxylic acids is 2. The van der Waals surface area contributed by atoms with Crippen molar-refractivity contribution in [1.29, 1.82) is 0 Å². The minimum Gasteiger partial charge on any atom is -0.352 e. The Labute approximate surface area is 154 Å². The highest BCUT2D eigenvalue weighted by Gasteiger charge is 2.40. The predicted molar refractivity (Wildman–Crippen MR) is 101 cm³/mol. The molecule has 0 saturated carbocycles. The SMILES string of the molecule is CC(C)[C@@H](NC(N)=O)C(=O)N1CCC(c2ccc(Cl)cc2)C(C)(C)C1. The van der Waals surface area contributed by atoms with Gasteiger partial charge in [0, 0.05) is 18.1 Å². The molecule has 2 rings (SSSR count). The topological polar surface area (TPSA) is 75.4 Å². The molecule has 2 atom stereocenters. The molecule has 3 N–H and O–H groups in total. The first kappa shape index (κ1) is 19.6. The molecule has 1 aliphatic heterocycles. The zero-order chi connectivity index (χ0) is 18.8. The van der Waals surface area contributed by atoms with Gasteiger partial charge in [-0.25, -0.2) is 4.79 Å². The highest BCUT2D eigenvalue weighted by molar-refractivity contribution is 6.30. The van der Waals surface area contributed by atoms with Crippen molar-refractivity contribution in [3.05, 3.63) is 34.9 Å². The number of carbonyl (C=O) groups is 2. The van der Waals surface area contributed by atoms with Gasteiger partial charge in [-0.2, -0.15) is 0 Å². The van der Waals surface area contributed by atoms with E-state index >= 15 is 0 Å². The Balaban J connectivity index is 2.14. The first-order chi connectivity index (χ1) is 11.6. The quantitative estimate of drug-likeness (QED) is 0.858. The van der Waals surface area contributed by atoms with Crippen LogP contribution in [0, 0.1) is 11.3 Å². The number of halogens is 1. The maximum absolute atomic E-state index is 12.9. The Morgan fingerprint density at radius 1 is 1.28 bits per heavy atom. The molecule has 0 aliphatic carbocycles. The fraction of sp³-hybridized carbons (Fsp3) is 0.579. The third-order valence-electron chi connectivity index (χ3n) is 5.04. The van der Waals surface area contributed by atoms with Gasteiger partial charge in [0.05, 0.1) is 0 Å². The molecule has 6 heteroatoms. The van der Waals surface area contributed by atoms with E-state index in [-0.39, 0.29) is 17.2 Å². The van der Waals surface area contributed by atoms with Crippen molar-refractivity contribution in [3.8, 4) is 0 Å². The van der Waals surface area contributed by atoms with Gasteiger partial charge in [-0.1, -0.05) is 51.4 Å². The molecule has 1 aromatic rings. The zero-order valence-corrected chi connectivity index (χ0v) is 16.1. The lowest BCUT2D eigenvalue weighted by atomic mass is 9.70. The van der Waals surface area contributed by atoms with Gasteiger partial charge >= 0.3 is 6.03 Å². The van der Waals surface area contributed by atoms with Crippen molar-refractivity contribution in [2.45, 2.75) is 46.1 Å². The molecule has 5 nitrogen and oxygen atoms in total. The van der Waals surface area contributed by atoms with E-state index in [0.717, 1.165) is 11.4 Å². The molecule has 3 amide bonds. The number of hydrogen-bond acceptors (Lipinski definition) is 2. The summed E-state index contributed by atoms with van der Waals surface area (Å²) in [5.74, 6) is 0.281. The maximum atomic E-state index is 12.9. The van der Waals surface area contributed by atoms with E-state index in [2.05, 4.69) is 31.3 Å². The number of amides is 3. The number of hydrogen-bond donors (Lipinski definition) is 2. The van der Waals surface area contributed by atoms with Crippen LogP contribution in [-0.2, 0) is 4.79 Å². The fourth-order valence-corrected chi connectivity index (χ4v) is 3.85. The molecule has 1 fully saturated rings. The van der Waals surface area contributed by atoms with Crippen molar-refractivity contribution in [2.75, 3.05) is 13.1 Å². The molecule has 1 aromatic carbocycles. The van der Waals surface area contributed by atoms with Crippen LogP contribution in [0.2, 0.25) is 5.02 Å². The summed E-state index contributed by atoms with van der Waals surface area (Å²) in [6.07, 6.45) is 0.877. The van der Waals surface area contributed by atoms with Crippen LogP contribution in [0.3, 0.4) is 0 Å². The minimum absolute atomic E-state index is 0.0166. The van der Waals surface area contributed by atoms with Gasteiger partial charge in [-0.3, -0.25) is 4.79 Å². The largest absolute Gasteiger partial charge is 0.352 e. The maximum Gasteiger partial charge on any atom is 0.312 e. The van der Waals surface area contributed by atoms with E-state index < -0.39 is 12.1 Å². The molecule has 25 heavy (non-hydrogen) atoms. The molecule has 1 saturated heterocycles. The van der Waals surface area contributed by atoms with Crippen LogP contribution in [0.25, 0.3) is 0 Å². The number of piperidine rings is 1. The van der Waals surface area contributed by atoms with E-state index in [4.69, 9.17) is 17.3 Å². The van der Waals surface area contributed by atoms with Crippen LogP contribution in [0.1, 0.15) is 45.6 Å². The van der Waals surface area contributed by atoms with E-state index in [1.54, 1.807) is 0 Å². The Morgan fingerprint density at radius 3 is 2.36 bits per heavy atom. The van der Waals surface area contributed by atoms with Gasteiger partial charge in [-0.15, -0.1) is 0 Å². The Hall–Kier alpha value is -1.75. The summed E-state index contributed by atoms with van der Waals surface area (Å²) < 4.78 is 0. The summed E-state index contributed by atoms with van der Waals surface area (Å²) >= 11 is 5.99. The lowest BCUT2D eigenvalue weighted by Crippen LogP contribution is -2.56. The molecular formula is C19H28ClN3O2. The number of nitrogens with zero attached hydrogens (tertiary/aromatic N) is 1. The molecule has 1 aliphatic rings. The highest BCUT2D eigenvalue weighted by Crippen LogP contribution is 2.42. The smallest absolute Gasteiger partial charge is 0.312 e. The van der Waals surface area contributed by atoms with Crippen molar-refractivity contribution in [3.63, 3.8) is 0 Å². The van der Waals surface area contributed by atoms with Crippen molar-refractivity contribution >= 4 is 23.5 Å². The molecule has 0 bridgehead atoms. The van der Waals surface area contributed by atoms with E-state index in [1.807, 2.05) is 30.9 Å². The fourth-order valence-electron chi connectivity index (χ4n) is 3.72. The lowest BCUT2D eigenvalue weighted by molar-refractivity contribution is -0.137. The zero-order valence-electron chi connectivity index (χ0n) is 15.4. The molecule has 0 aromatic heterocycles.